The summed E-state index contributed by atoms with van der Waals surface area (Å²) in [6.07, 6.45) is 0. The number of rotatable bonds is 7. The summed E-state index contributed by atoms with van der Waals surface area (Å²) in [6.45, 7) is 4.54. The lowest BCUT2D eigenvalue weighted by Crippen LogP contribution is -2.16. The average Bonchev–Trinajstić information content (AvgIpc) is 3.11. The van der Waals surface area contributed by atoms with Crippen LogP contribution in [-0.4, -0.2) is 39.0 Å². The van der Waals surface area contributed by atoms with E-state index in [-0.39, 0.29) is 11.7 Å². The van der Waals surface area contributed by atoms with Gasteiger partial charge in [-0.3, -0.25) is 4.79 Å². The highest BCUT2D eigenvalue weighted by molar-refractivity contribution is 7.99. The second-order valence-corrected chi connectivity index (χ2v) is 6.99. The quantitative estimate of drug-likeness (QED) is 0.632. The van der Waals surface area contributed by atoms with Gasteiger partial charge >= 0.3 is 0 Å². The Kier molecular flexibility index (Phi) is 6.08. The van der Waals surface area contributed by atoms with E-state index in [1.807, 2.05) is 56.3 Å². The molecule has 1 amide bonds. The number of methoxy groups -OCH3 is 1. The number of nitrogens with zero attached hydrogens (tertiary/aromatic N) is 4. The second-order valence-electron chi connectivity index (χ2n) is 6.05. The van der Waals surface area contributed by atoms with Gasteiger partial charge in [0.15, 0.2) is 0 Å². The molecular weight excluding hydrogens is 362 g/mol. The summed E-state index contributed by atoms with van der Waals surface area (Å²) >= 11 is 1.31. The highest BCUT2D eigenvalue weighted by Gasteiger charge is 2.12. The fourth-order valence-electron chi connectivity index (χ4n) is 2.51. The molecule has 0 aliphatic rings. The van der Waals surface area contributed by atoms with Crippen LogP contribution in [0.25, 0.3) is 0 Å². The molecule has 0 radical (unpaired) electrons. The Balaban J connectivity index is 1.59. The first-order chi connectivity index (χ1) is 13.1. The highest BCUT2D eigenvalue weighted by atomic mass is 32.2. The number of ether oxygens (including phenoxy) is 1. The molecule has 0 saturated heterocycles. The van der Waals surface area contributed by atoms with E-state index in [0.717, 1.165) is 28.1 Å². The molecule has 0 saturated carbocycles. The third-order valence-electron chi connectivity index (χ3n) is 4.20. The number of carbonyl (C=O) groups is 1. The molecule has 0 bridgehead atoms. The Morgan fingerprint density at radius 2 is 1.96 bits per heavy atom. The number of carbonyl (C=O) groups excluding carboxylic acids is 1. The number of nitrogens with one attached hydrogen (secondary N) is 1. The van der Waals surface area contributed by atoms with Crippen LogP contribution in [0.1, 0.15) is 16.7 Å². The van der Waals surface area contributed by atoms with E-state index < -0.39 is 0 Å². The van der Waals surface area contributed by atoms with Crippen molar-refractivity contribution in [2.24, 2.45) is 0 Å². The molecule has 1 aromatic heterocycles. The van der Waals surface area contributed by atoms with E-state index >= 15 is 0 Å². The van der Waals surface area contributed by atoms with E-state index in [0.29, 0.717) is 11.7 Å². The number of anilines is 1. The summed E-state index contributed by atoms with van der Waals surface area (Å²) < 4.78 is 6.84. The molecule has 8 heteroatoms. The maximum absolute atomic E-state index is 12.3. The van der Waals surface area contributed by atoms with Crippen molar-refractivity contribution in [1.82, 2.24) is 20.2 Å². The Morgan fingerprint density at radius 1 is 1.19 bits per heavy atom. The van der Waals surface area contributed by atoms with Gasteiger partial charge in [-0.25, -0.2) is 4.68 Å². The minimum atomic E-state index is -0.0901. The smallest absolute Gasteiger partial charge is 0.234 e. The molecule has 0 fully saturated rings. The average molecular weight is 383 g/mol. The Hall–Kier alpha value is -2.87. The molecule has 3 rings (SSSR count). The zero-order valence-corrected chi connectivity index (χ0v) is 16.3. The normalized spacial score (nSPS) is 10.6. The third-order valence-corrected chi connectivity index (χ3v) is 5.16. The van der Waals surface area contributed by atoms with Crippen molar-refractivity contribution in [2.75, 3.05) is 18.2 Å². The van der Waals surface area contributed by atoms with Crippen molar-refractivity contribution in [3.05, 3.63) is 59.2 Å². The predicted molar refractivity (Wildman–Crippen MR) is 105 cm³/mol. The zero-order chi connectivity index (χ0) is 19.2. The van der Waals surface area contributed by atoms with Gasteiger partial charge in [0.25, 0.3) is 0 Å². The summed E-state index contributed by atoms with van der Waals surface area (Å²) in [4.78, 5) is 12.3. The van der Waals surface area contributed by atoms with E-state index in [9.17, 15) is 4.79 Å². The number of amides is 1. The molecule has 0 aliphatic heterocycles. The van der Waals surface area contributed by atoms with Gasteiger partial charge in [-0.05, 0) is 59.2 Å². The van der Waals surface area contributed by atoms with E-state index in [4.69, 9.17) is 4.74 Å². The minimum absolute atomic E-state index is 0.0901. The number of benzene rings is 2. The van der Waals surface area contributed by atoms with Crippen LogP contribution in [0.2, 0.25) is 0 Å². The van der Waals surface area contributed by atoms with E-state index in [1.54, 1.807) is 11.8 Å². The maximum atomic E-state index is 12.3. The van der Waals surface area contributed by atoms with Crippen LogP contribution in [0.15, 0.2) is 47.6 Å². The molecule has 1 heterocycles. The SMILES string of the molecule is COc1ccc(Cn2nnnc2SCC(=O)Nc2cccc(C)c2C)cc1. The number of hydrogen-bond donors (Lipinski definition) is 1. The molecular formula is C19H21N5O2S. The summed E-state index contributed by atoms with van der Waals surface area (Å²) in [5.41, 5.74) is 4.09. The van der Waals surface area contributed by atoms with Crippen LogP contribution in [-0.2, 0) is 11.3 Å². The van der Waals surface area contributed by atoms with Crippen molar-refractivity contribution in [3.63, 3.8) is 0 Å². The predicted octanol–water partition coefficient (Wildman–Crippen LogP) is 3.08. The van der Waals surface area contributed by atoms with Gasteiger partial charge in [-0.15, -0.1) is 5.10 Å². The molecule has 140 valence electrons. The van der Waals surface area contributed by atoms with Crippen LogP contribution in [0.5, 0.6) is 5.75 Å². The van der Waals surface area contributed by atoms with Gasteiger partial charge in [0.05, 0.1) is 19.4 Å². The summed E-state index contributed by atoms with van der Waals surface area (Å²) in [6, 6.07) is 13.6. The van der Waals surface area contributed by atoms with Gasteiger partial charge in [0, 0.05) is 5.69 Å². The van der Waals surface area contributed by atoms with Gasteiger partial charge < -0.3 is 10.1 Å². The molecule has 1 N–H and O–H groups in total. The topological polar surface area (TPSA) is 81.9 Å². The first-order valence-corrected chi connectivity index (χ1v) is 9.43. The summed E-state index contributed by atoms with van der Waals surface area (Å²) in [5, 5.41) is 15.3. The van der Waals surface area contributed by atoms with Gasteiger partial charge in [0.2, 0.25) is 11.1 Å². The minimum Gasteiger partial charge on any atom is -0.497 e. The monoisotopic (exact) mass is 383 g/mol. The molecule has 27 heavy (non-hydrogen) atoms. The molecule has 0 aliphatic carbocycles. The fourth-order valence-corrected chi connectivity index (χ4v) is 3.18. The summed E-state index contributed by atoms with van der Waals surface area (Å²) in [5.74, 6) is 0.942. The van der Waals surface area contributed by atoms with E-state index in [1.165, 1.54) is 11.8 Å². The number of hydrogen-bond acceptors (Lipinski definition) is 6. The number of aryl methyl sites for hydroxylation is 1. The highest BCUT2D eigenvalue weighted by Crippen LogP contribution is 2.20. The van der Waals surface area contributed by atoms with Crippen LogP contribution >= 0.6 is 11.8 Å². The lowest BCUT2D eigenvalue weighted by Gasteiger charge is -2.10. The van der Waals surface area contributed by atoms with Crippen molar-refractivity contribution in [2.45, 2.75) is 25.5 Å². The first-order valence-electron chi connectivity index (χ1n) is 8.45. The fraction of sp³-hybridized carbons (Fsp3) is 0.263. The molecule has 2 aromatic carbocycles. The van der Waals surface area contributed by atoms with Crippen molar-refractivity contribution < 1.29 is 9.53 Å². The van der Waals surface area contributed by atoms with Gasteiger partial charge in [-0.1, -0.05) is 36.0 Å². The molecule has 0 atom stereocenters. The number of aromatic nitrogens is 4. The third kappa shape index (κ3) is 4.85. The van der Waals surface area contributed by atoms with Crippen LogP contribution in [0, 0.1) is 13.8 Å². The van der Waals surface area contributed by atoms with E-state index in [2.05, 4.69) is 20.8 Å². The molecule has 3 aromatic rings. The standard InChI is InChI=1S/C19H21N5O2S/c1-13-5-4-6-17(14(13)2)20-18(25)12-27-19-21-22-23-24(19)11-15-7-9-16(26-3)10-8-15/h4-10H,11-12H2,1-3H3,(H,20,25). The van der Waals surface area contributed by atoms with Gasteiger partial charge in [-0.2, -0.15) is 0 Å². The Labute approximate surface area is 162 Å². The number of thioether (sulfide) groups is 1. The Morgan fingerprint density at radius 3 is 2.70 bits per heavy atom. The second kappa shape index (κ2) is 8.68. The Bertz CT molecular complexity index is 924. The first kappa shape index (κ1) is 18.9. The molecule has 0 spiro atoms. The zero-order valence-electron chi connectivity index (χ0n) is 15.5. The van der Waals surface area contributed by atoms with Crippen molar-refractivity contribution in [3.8, 4) is 5.75 Å². The number of tetrazole rings is 1. The lowest BCUT2D eigenvalue weighted by molar-refractivity contribution is -0.113. The van der Waals surface area contributed by atoms with Crippen LogP contribution < -0.4 is 10.1 Å². The summed E-state index contributed by atoms with van der Waals surface area (Å²) in [7, 11) is 1.63. The van der Waals surface area contributed by atoms with Crippen molar-refractivity contribution >= 4 is 23.4 Å². The largest absolute Gasteiger partial charge is 0.497 e. The maximum Gasteiger partial charge on any atom is 0.234 e. The lowest BCUT2D eigenvalue weighted by atomic mass is 10.1. The van der Waals surface area contributed by atoms with Crippen LogP contribution in [0.3, 0.4) is 0 Å². The van der Waals surface area contributed by atoms with Crippen molar-refractivity contribution in [1.29, 1.82) is 0 Å². The van der Waals surface area contributed by atoms with Crippen LogP contribution in [0.4, 0.5) is 5.69 Å². The van der Waals surface area contributed by atoms with Gasteiger partial charge in [0.1, 0.15) is 5.75 Å². The molecule has 7 nitrogen and oxygen atoms in total. The molecule has 0 unspecified atom stereocenters.